The number of para-hydroxylation sites is 1. The number of benzene rings is 1. The maximum atomic E-state index is 11.8. The lowest BCUT2D eigenvalue weighted by molar-refractivity contribution is -0.115. The summed E-state index contributed by atoms with van der Waals surface area (Å²) in [7, 11) is 2.15. The molecule has 0 saturated carbocycles. The minimum Gasteiger partial charge on any atom is -0.325 e. The molecule has 1 fully saturated rings. The third kappa shape index (κ3) is 4.04. The summed E-state index contributed by atoms with van der Waals surface area (Å²) >= 11 is 0. The molecule has 1 unspecified atom stereocenters. The van der Waals surface area contributed by atoms with E-state index in [4.69, 9.17) is 0 Å². The van der Waals surface area contributed by atoms with Crippen molar-refractivity contribution >= 4 is 11.6 Å². The van der Waals surface area contributed by atoms with Crippen molar-refractivity contribution in [2.45, 2.75) is 25.8 Å². The van der Waals surface area contributed by atoms with Crippen LogP contribution in [0.1, 0.15) is 18.4 Å². The molecule has 2 rings (SSSR count). The van der Waals surface area contributed by atoms with Crippen LogP contribution in [0.25, 0.3) is 0 Å². The lowest BCUT2D eigenvalue weighted by Gasteiger charge is -2.19. The summed E-state index contributed by atoms with van der Waals surface area (Å²) in [5, 5.41) is 6.18. The van der Waals surface area contributed by atoms with Gasteiger partial charge in [0.2, 0.25) is 5.91 Å². The third-order valence-corrected chi connectivity index (χ3v) is 3.76. The number of carbonyl (C=O) groups excluding carboxylic acids is 1. The van der Waals surface area contributed by atoms with Crippen molar-refractivity contribution in [1.82, 2.24) is 10.2 Å². The van der Waals surface area contributed by atoms with Crippen LogP contribution in [0.4, 0.5) is 5.69 Å². The zero-order chi connectivity index (χ0) is 13.7. The van der Waals surface area contributed by atoms with Gasteiger partial charge >= 0.3 is 0 Å². The van der Waals surface area contributed by atoms with Crippen LogP contribution in [-0.4, -0.2) is 43.5 Å². The number of aryl methyl sites for hydroxylation is 1. The number of hydrogen-bond acceptors (Lipinski definition) is 3. The summed E-state index contributed by atoms with van der Waals surface area (Å²) in [5.74, 6) is 0.0231. The highest BCUT2D eigenvalue weighted by Crippen LogP contribution is 2.14. The molecule has 1 amide bonds. The number of anilines is 1. The molecular formula is C15H23N3O. The maximum Gasteiger partial charge on any atom is 0.238 e. The van der Waals surface area contributed by atoms with Crippen molar-refractivity contribution in [2.24, 2.45) is 0 Å². The summed E-state index contributed by atoms with van der Waals surface area (Å²) in [4.78, 5) is 14.2. The Hall–Kier alpha value is -1.39. The standard InChI is InChI=1S/C15H23N3O/c1-12-6-3-4-8-14(12)17-15(19)11-16-10-13-7-5-9-18(13)2/h3-4,6,8,13,16H,5,7,9-11H2,1-2H3,(H,17,19). The fraction of sp³-hybridized carbons (Fsp3) is 0.533. The second-order valence-electron chi connectivity index (χ2n) is 5.27. The van der Waals surface area contributed by atoms with Crippen LogP contribution in [0.15, 0.2) is 24.3 Å². The zero-order valence-corrected chi connectivity index (χ0v) is 11.8. The van der Waals surface area contributed by atoms with Gasteiger partial charge in [-0.2, -0.15) is 0 Å². The Morgan fingerprint density at radius 1 is 1.42 bits per heavy atom. The summed E-state index contributed by atoms with van der Waals surface area (Å²) in [5.41, 5.74) is 1.98. The summed E-state index contributed by atoms with van der Waals surface area (Å²) in [6, 6.07) is 8.41. The van der Waals surface area contributed by atoms with E-state index in [1.807, 2.05) is 31.2 Å². The van der Waals surface area contributed by atoms with Crippen LogP contribution in [0.5, 0.6) is 0 Å². The molecule has 0 aliphatic carbocycles. The van der Waals surface area contributed by atoms with Crippen molar-refractivity contribution in [3.8, 4) is 0 Å². The van der Waals surface area contributed by atoms with Gasteiger partial charge in [-0.3, -0.25) is 4.79 Å². The Morgan fingerprint density at radius 2 is 2.21 bits per heavy atom. The zero-order valence-electron chi connectivity index (χ0n) is 11.8. The van der Waals surface area contributed by atoms with E-state index in [9.17, 15) is 4.79 Å². The van der Waals surface area contributed by atoms with Gasteiger partial charge in [0, 0.05) is 18.3 Å². The van der Waals surface area contributed by atoms with Gasteiger partial charge in [0.05, 0.1) is 6.54 Å². The van der Waals surface area contributed by atoms with Crippen molar-refractivity contribution in [1.29, 1.82) is 0 Å². The molecule has 104 valence electrons. The maximum absolute atomic E-state index is 11.8. The van der Waals surface area contributed by atoms with Crippen LogP contribution >= 0.6 is 0 Å². The number of nitrogens with zero attached hydrogens (tertiary/aromatic N) is 1. The van der Waals surface area contributed by atoms with Crippen molar-refractivity contribution in [3.63, 3.8) is 0 Å². The van der Waals surface area contributed by atoms with Gasteiger partial charge in [-0.15, -0.1) is 0 Å². The molecule has 1 saturated heterocycles. The van der Waals surface area contributed by atoms with Crippen molar-refractivity contribution in [2.75, 3.05) is 32.0 Å². The first-order chi connectivity index (χ1) is 9.16. The molecule has 4 nitrogen and oxygen atoms in total. The Bertz CT molecular complexity index is 433. The van der Waals surface area contributed by atoms with E-state index in [0.717, 1.165) is 17.8 Å². The van der Waals surface area contributed by atoms with Gasteiger partial charge in [-0.25, -0.2) is 0 Å². The average Bonchev–Trinajstić information content (AvgIpc) is 2.78. The molecule has 1 aliphatic heterocycles. The van der Waals surface area contributed by atoms with Gasteiger partial charge in [0.1, 0.15) is 0 Å². The Kier molecular flexibility index (Phi) is 4.93. The Morgan fingerprint density at radius 3 is 2.89 bits per heavy atom. The fourth-order valence-corrected chi connectivity index (χ4v) is 2.50. The fourth-order valence-electron chi connectivity index (χ4n) is 2.50. The summed E-state index contributed by atoms with van der Waals surface area (Å²) < 4.78 is 0. The molecule has 0 spiro atoms. The minimum absolute atomic E-state index is 0.0231. The van der Waals surface area contributed by atoms with Gasteiger partial charge in [0.25, 0.3) is 0 Å². The number of nitrogens with one attached hydrogen (secondary N) is 2. The quantitative estimate of drug-likeness (QED) is 0.846. The van der Waals surface area contributed by atoms with E-state index in [0.29, 0.717) is 12.6 Å². The lowest BCUT2D eigenvalue weighted by atomic mass is 10.2. The molecule has 1 heterocycles. The number of hydrogen-bond donors (Lipinski definition) is 2. The highest BCUT2D eigenvalue weighted by atomic mass is 16.1. The van der Waals surface area contributed by atoms with Crippen LogP contribution in [0.2, 0.25) is 0 Å². The smallest absolute Gasteiger partial charge is 0.238 e. The molecule has 0 aromatic heterocycles. The predicted octanol–water partition coefficient (Wildman–Crippen LogP) is 1.62. The molecule has 0 radical (unpaired) electrons. The molecular weight excluding hydrogens is 238 g/mol. The Labute approximate surface area is 115 Å². The molecule has 1 aromatic carbocycles. The second kappa shape index (κ2) is 6.68. The van der Waals surface area contributed by atoms with Crippen LogP contribution < -0.4 is 10.6 Å². The number of likely N-dealkylation sites (tertiary alicyclic amines) is 1. The highest BCUT2D eigenvalue weighted by Gasteiger charge is 2.20. The van der Waals surface area contributed by atoms with E-state index >= 15 is 0 Å². The first-order valence-electron chi connectivity index (χ1n) is 6.93. The van der Waals surface area contributed by atoms with E-state index < -0.39 is 0 Å². The van der Waals surface area contributed by atoms with Crippen LogP contribution in [0.3, 0.4) is 0 Å². The summed E-state index contributed by atoms with van der Waals surface area (Å²) in [6.45, 7) is 4.43. The average molecular weight is 261 g/mol. The molecule has 0 bridgehead atoms. The predicted molar refractivity (Wildman–Crippen MR) is 78.3 cm³/mol. The topological polar surface area (TPSA) is 44.4 Å². The van der Waals surface area contributed by atoms with E-state index in [1.54, 1.807) is 0 Å². The molecule has 4 heteroatoms. The van der Waals surface area contributed by atoms with Gasteiger partial charge in [-0.05, 0) is 45.0 Å². The van der Waals surface area contributed by atoms with Gasteiger partial charge in [0.15, 0.2) is 0 Å². The third-order valence-electron chi connectivity index (χ3n) is 3.76. The number of carbonyl (C=O) groups is 1. The number of rotatable bonds is 5. The van der Waals surface area contributed by atoms with Gasteiger partial charge < -0.3 is 15.5 Å². The second-order valence-corrected chi connectivity index (χ2v) is 5.27. The SMILES string of the molecule is Cc1ccccc1NC(=O)CNCC1CCCN1C. The first-order valence-corrected chi connectivity index (χ1v) is 6.93. The van der Waals surface area contributed by atoms with Crippen LogP contribution in [-0.2, 0) is 4.79 Å². The highest BCUT2D eigenvalue weighted by molar-refractivity contribution is 5.92. The monoisotopic (exact) mass is 261 g/mol. The molecule has 1 atom stereocenters. The largest absolute Gasteiger partial charge is 0.325 e. The number of likely N-dealkylation sites (N-methyl/N-ethyl adjacent to an activating group) is 1. The Balaban J connectivity index is 1.72. The van der Waals surface area contributed by atoms with Crippen LogP contribution in [0, 0.1) is 6.92 Å². The normalized spacial score (nSPS) is 19.6. The molecule has 2 N–H and O–H groups in total. The molecule has 19 heavy (non-hydrogen) atoms. The van der Waals surface area contributed by atoms with Gasteiger partial charge in [-0.1, -0.05) is 18.2 Å². The van der Waals surface area contributed by atoms with E-state index in [-0.39, 0.29) is 5.91 Å². The summed E-state index contributed by atoms with van der Waals surface area (Å²) in [6.07, 6.45) is 2.49. The number of amides is 1. The van der Waals surface area contributed by atoms with E-state index in [1.165, 1.54) is 19.4 Å². The lowest BCUT2D eigenvalue weighted by Crippen LogP contribution is -2.38. The molecule has 1 aromatic rings. The first kappa shape index (κ1) is 14.0. The molecule has 1 aliphatic rings. The van der Waals surface area contributed by atoms with Crippen molar-refractivity contribution < 1.29 is 4.79 Å². The van der Waals surface area contributed by atoms with Crippen molar-refractivity contribution in [3.05, 3.63) is 29.8 Å². The van der Waals surface area contributed by atoms with E-state index in [2.05, 4.69) is 22.6 Å². The minimum atomic E-state index is 0.0231.